The molecule has 4 rings (SSSR count). The van der Waals surface area contributed by atoms with Crippen LogP contribution in [-0.4, -0.2) is 29.5 Å². The number of hydrogen-bond acceptors (Lipinski definition) is 5. The summed E-state index contributed by atoms with van der Waals surface area (Å²) in [4.78, 5) is 22.2. The molecule has 5 nitrogen and oxygen atoms in total. The van der Waals surface area contributed by atoms with E-state index in [-0.39, 0.29) is 11.7 Å². The number of fused-ring (bicyclic) bond motifs is 1. The second kappa shape index (κ2) is 9.41. The molecular formula is C24H21N3O2S. The summed E-state index contributed by atoms with van der Waals surface area (Å²) < 4.78 is 5.30. The van der Waals surface area contributed by atoms with E-state index in [0.717, 1.165) is 27.7 Å². The number of nitrogens with one attached hydrogen (secondary N) is 1. The zero-order chi connectivity index (χ0) is 20.8. The summed E-state index contributed by atoms with van der Waals surface area (Å²) in [5.41, 5.74) is 4.31. The first-order chi connectivity index (χ1) is 14.7. The molecule has 0 unspecified atom stereocenters. The highest BCUT2D eigenvalue weighted by molar-refractivity contribution is 8.14. The molecule has 0 aromatic heterocycles. The van der Waals surface area contributed by atoms with Gasteiger partial charge in [-0.3, -0.25) is 9.79 Å². The molecule has 0 saturated carbocycles. The van der Waals surface area contributed by atoms with Crippen molar-refractivity contribution < 1.29 is 9.53 Å². The first kappa shape index (κ1) is 19.9. The number of anilines is 1. The van der Waals surface area contributed by atoms with Gasteiger partial charge in [0.1, 0.15) is 5.75 Å². The summed E-state index contributed by atoms with van der Waals surface area (Å²) >= 11 is 1.43. The van der Waals surface area contributed by atoms with E-state index in [9.17, 15) is 4.79 Å². The normalized spacial score (nSPS) is 12.8. The highest BCUT2D eigenvalue weighted by Gasteiger charge is 2.17. The van der Waals surface area contributed by atoms with Crippen molar-refractivity contribution >= 4 is 45.5 Å². The van der Waals surface area contributed by atoms with Gasteiger partial charge in [0.25, 0.3) is 0 Å². The van der Waals surface area contributed by atoms with E-state index in [1.165, 1.54) is 11.8 Å². The number of aliphatic imine (C=N–C) groups is 2. The third-order valence-corrected chi connectivity index (χ3v) is 5.53. The number of para-hydroxylation sites is 4. The SMILES string of the molecule is COc1ccccc1NC(=O)CSC1=Nc2ccccc2N=C(c2ccccc2)C1. The molecule has 30 heavy (non-hydrogen) atoms. The van der Waals surface area contributed by atoms with Gasteiger partial charge in [0.2, 0.25) is 5.91 Å². The summed E-state index contributed by atoms with van der Waals surface area (Å²) in [6.45, 7) is 0. The average molecular weight is 416 g/mol. The zero-order valence-corrected chi connectivity index (χ0v) is 17.4. The van der Waals surface area contributed by atoms with E-state index in [2.05, 4.69) is 5.32 Å². The van der Waals surface area contributed by atoms with Crippen LogP contribution in [0.1, 0.15) is 12.0 Å². The van der Waals surface area contributed by atoms with E-state index in [1.54, 1.807) is 7.11 Å². The quantitative estimate of drug-likeness (QED) is 0.588. The van der Waals surface area contributed by atoms with Crippen molar-refractivity contribution in [3.63, 3.8) is 0 Å². The Labute approximate surface area is 179 Å². The number of ether oxygens (including phenoxy) is 1. The smallest absolute Gasteiger partial charge is 0.234 e. The summed E-state index contributed by atoms with van der Waals surface area (Å²) in [6.07, 6.45) is 0.575. The number of carbonyl (C=O) groups excluding carboxylic acids is 1. The van der Waals surface area contributed by atoms with Crippen molar-refractivity contribution in [3.8, 4) is 5.75 Å². The van der Waals surface area contributed by atoms with E-state index >= 15 is 0 Å². The molecule has 1 amide bonds. The molecule has 3 aromatic rings. The molecule has 1 aliphatic heterocycles. The molecule has 1 N–H and O–H groups in total. The van der Waals surface area contributed by atoms with Gasteiger partial charge in [-0.1, -0.05) is 54.6 Å². The van der Waals surface area contributed by atoms with Gasteiger partial charge in [0.15, 0.2) is 0 Å². The molecule has 150 valence electrons. The van der Waals surface area contributed by atoms with Gasteiger partial charge in [-0.2, -0.15) is 0 Å². The fourth-order valence-electron chi connectivity index (χ4n) is 3.12. The average Bonchev–Trinajstić information content (AvgIpc) is 2.98. The lowest BCUT2D eigenvalue weighted by molar-refractivity contribution is -0.113. The van der Waals surface area contributed by atoms with Crippen molar-refractivity contribution in [2.24, 2.45) is 9.98 Å². The first-order valence-electron chi connectivity index (χ1n) is 9.58. The third-order valence-electron chi connectivity index (χ3n) is 4.56. The van der Waals surface area contributed by atoms with Crippen LogP contribution in [0.2, 0.25) is 0 Å². The second-order valence-electron chi connectivity index (χ2n) is 6.63. The van der Waals surface area contributed by atoms with Crippen molar-refractivity contribution in [3.05, 3.63) is 84.4 Å². The van der Waals surface area contributed by atoms with Gasteiger partial charge in [-0.15, -0.1) is 11.8 Å². The van der Waals surface area contributed by atoms with Crippen molar-refractivity contribution in [1.29, 1.82) is 0 Å². The van der Waals surface area contributed by atoms with Crippen LogP contribution in [0.4, 0.5) is 17.1 Å². The Balaban J connectivity index is 1.51. The van der Waals surface area contributed by atoms with Gasteiger partial charge in [0.05, 0.1) is 40.7 Å². The summed E-state index contributed by atoms with van der Waals surface area (Å²) in [6, 6.07) is 25.3. The lowest BCUT2D eigenvalue weighted by Crippen LogP contribution is -2.16. The molecule has 0 bridgehead atoms. The minimum Gasteiger partial charge on any atom is -0.495 e. The highest BCUT2D eigenvalue weighted by Crippen LogP contribution is 2.33. The molecule has 0 spiro atoms. The molecular weight excluding hydrogens is 394 g/mol. The second-order valence-corrected chi connectivity index (χ2v) is 7.68. The predicted molar refractivity (Wildman–Crippen MR) is 125 cm³/mol. The molecule has 1 aliphatic rings. The minimum atomic E-state index is -0.108. The van der Waals surface area contributed by atoms with Crippen LogP contribution in [0.5, 0.6) is 5.75 Å². The Hall–Kier alpha value is -3.38. The fraction of sp³-hybridized carbons (Fsp3) is 0.125. The van der Waals surface area contributed by atoms with Crippen molar-refractivity contribution in [2.75, 3.05) is 18.2 Å². The maximum Gasteiger partial charge on any atom is 0.234 e. The lowest BCUT2D eigenvalue weighted by atomic mass is 10.1. The van der Waals surface area contributed by atoms with Gasteiger partial charge < -0.3 is 10.1 Å². The number of amides is 1. The summed E-state index contributed by atoms with van der Waals surface area (Å²) in [5, 5.41) is 3.77. The largest absolute Gasteiger partial charge is 0.495 e. The number of benzene rings is 3. The molecule has 0 atom stereocenters. The van der Waals surface area contributed by atoms with Crippen LogP contribution in [0.25, 0.3) is 0 Å². The minimum absolute atomic E-state index is 0.108. The molecule has 0 saturated heterocycles. The van der Waals surface area contributed by atoms with Crippen molar-refractivity contribution in [1.82, 2.24) is 0 Å². The van der Waals surface area contributed by atoms with Gasteiger partial charge in [0, 0.05) is 6.42 Å². The maximum absolute atomic E-state index is 12.5. The van der Waals surface area contributed by atoms with E-state index < -0.39 is 0 Å². The Bertz CT molecular complexity index is 1110. The number of nitrogens with zero attached hydrogens (tertiary/aromatic N) is 2. The van der Waals surface area contributed by atoms with Crippen LogP contribution < -0.4 is 10.1 Å². The Kier molecular flexibility index (Phi) is 6.25. The van der Waals surface area contributed by atoms with Crippen LogP contribution in [0.3, 0.4) is 0 Å². The van der Waals surface area contributed by atoms with E-state index in [4.69, 9.17) is 14.7 Å². The van der Waals surface area contributed by atoms with Gasteiger partial charge >= 0.3 is 0 Å². The topological polar surface area (TPSA) is 63.0 Å². The maximum atomic E-state index is 12.5. The highest BCUT2D eigenvalue weighted by atomic mass is 32.2. The monoisotopic (exact) mass is 415 g/mol. The summed E-state index contributed by atoms with van der Waals surface area (Å²) in [5.74, 6) is 0.777. The first-order valence-corrected chi connectivity index (χ1v) is 10.6. The predicted octanol–water partition coefficient (Wildman–Crippen LogP) is 5.62. The molecule has 0 radical (unpaired) electrons. The standard InChI is InChI=1S/C24H21N3O2S/c1-29-22-14-8-7-13-20(22)26-23(28)16-30-24-15-21(17-9-3-2-4-10-17)25-18-11-5-6-12-19(18)27-24/h2-14H,15-16H2,1H3,(H,26,28). The Morgan fingerprint density at radius 2 is 1.60 bits per heavy atom. The van der Waals surface area contributed by atoms with E-state index in [0.29, 0.717) is 17.9 Å². The number of carbonyl (C=O) groups is 1. The lowest BCUT2D eigenvalue weighted by Gasteiger charge is -2.10. The zero-order valence-electron chi connectivity index (χ0n) is 16.5. The molecule has 3 aromatic carbocycles. The molecule has 1 heterocycles. The molecule has 0 fully saturated rings. The van der Waals surface area contributed by atoms with Crippen LogP contribution in [0, 0.1) is 0 Å². The van der Waals surface area contributed by atoms with Gasteiger partial charge in [-0.25, -0.2) is 4.99 Å². The Morgan fingerprint density at radius 1 is 0.933 bits per heavy atom. The van der Waals surface area contributed by atoms with Crippen LogP contribution in [-0.2, 0) is 4.79 Å². The fourth-order valence-corrected chi connectivity index (χ4v) is 3.89. The number of rotatable bonds is 5. The summed E-state index contributed by atoms with van der Waals surface area (Å²) in [7, 11) is 1.59. The number of hydrogen-bond donors (Lipinski definition) is 1. The van der Waals surface area contributed by atoms with Gasteiger partial charge in [-0.05, 0) is 29.8 Å². The number of thioether (sulfide) groups is 1. The van der Waals surface area contributed by atoms with Crippen molar-refractivity contribution in [2.45, 2.75) is 6.42 Å². The van der Waals surface area contributed by atoms with Crippen LogP contribution in [0.15, 0.2) is 88.8 Å². The molecule has 0 aliphatic carbocycles. The van der Waals surface area contributed by atoms with Crippen LogP contribution >= 0.6 is 11.8 Å². The number of methoxy groups -OCH3 is 1. The van der Waals surface area contributed by atoms with E-state index in [1.807, 2.05) is 78.9 Å². The third kappa shape index (κ3) is 4.78. The Morgan fingerprint density at radius 3 is 2.37 bits per heavy atom. The molecule has 6 heteroatoms.